The Kier molecular flexibility index (Phi) is 6.62. The van der Waals surface area contributed by atoms with Crippen LogP contribution in [0.2, 0.25) is 10.0 Å². The lowest BCUT2D eigenvalue weighted by Crippen LogP contribution is -2.13. The normalized spacial score (nSPS) is 10.5. The average molecular weight is 434 g/mol. The Morgan fingerprint density at radius 1 is 1.07 bits per heavy atom. The third-order valence-electron chi connectivity index (χ3n) is 4.28. The summed E-state index contributed by atoms with van der Waals surface area (Å²) in [6.45, 7) is 1.85. The summed E-state index contributed by atoms with van der Waals surface area (Å²) in [5.41, 5.74) is 2.24. The topological polar surface area (TPSA) is 47.6 Å². The van der Waals surface area contributed by atoms with Gasteiger partial charge in [0.05, 0.1) is 12.1 Å². The number of anilines is 1. The maximum absolute atomic E-state index is 13.3. The van der Waals surface area contributed by atoms with Crippen molar-refractivity contribution in [2.45, 2.75) is 13.5 Å². The van der Waals surface area contributed by atoms with Crippen molar-refractivity contribution in [2.24, 2.45) is 0 Å². The van der Waals surface area contributed by atoms with Gasteiger partial charge in [-0.3, -0.25) is 4.79 Å². The first-order valence-corrected chi connectivity index (χ1v) is 9.46. The first kappa shape index (κ1) is 21.0. The van der Waals surface area contributed by atoms with Crippen LogP contribution in [0, 0.1) is 12.7 Å². The molecule has 29 heavy (non-hydrogen) atoms. The molecule has 0 radical (unpaired) electrons. The Morgan fingerprint density at radius 2 is 1.86 bits per heavy atom. The lowest BCUT2D eigenvalue weighted by atomic mass is 10.1. The minimum Gasteiger partial charge on any atom is -0.496 e. The molecule has 0 saturated carbocycles. The van der Waals surface area contributed by atoms with E-state index in [0.29, 0.717) is 43.9 Å². The molecule has 0 saturated heterocycles. The van der Waals surface area contributed by atoms with Gasteiger partial charge in [0.1, 0.15) is 28.9 Å². The molecule has 0 unspecified atom stereocenters. The summed E-state index contributed by atoms with van der Waals surface area (Å²) >= 11 is 12.2. The van der Waals surface area contributed by atoms with Crippen LogP contribution >= 0.6 is 23.2 Å². The summed E-state index contributed by atoms with van der Waals surface area (Å²) in [4.78, 5) is 12.7. The van der Waals surface area contributed by atoms with E-state index in [1.807, 2.05) is 0 Å². The number of rotatable bonds is 6. The largest absolute Gasteiger partial charge is 0.496 e. The highest BCUT2D eigenvalue weighted by Crippen LogP contribution is 2.32. The minimum atomic E-state index is -0.357. The molecule has 0 atom stereocenters. The summed E-state index contributed by atoms with van der Waals surface area (Å²) in [6.07, 6.45) is 0. The van der Waals surface area contributed by atoms with Crippen molar-refractivity contribution >= 4 is 34.8 Å². The molecule has 4 nitrogen and oxygen atoms in total. The van der Waals surface area contributed by atoms with E-state index in [9.17, 15) is 9.18 Å². The van der Waals surface area contributed by atoms with Crippen LogP contribution in [-0.4, -0.2) is 13.0 Å². The molecular formula is C22H18Cl2FNO3. The molecule has 3 aromatic carbocycles. The van der Waals surface area contributed by atoms with Crippen LogP contribution in [0.15, 0.2) is 54.6 Å². The molecular weight excluding hydrogens is 416 g/mol. The van der Waals surface area contributed by atoms with Gasteiger partial charge < -0.3 is 14.8 Å². The average Bonchev–Trinajstić information content (AvgIpc) is 2.71. The fourth-order valence-electron chi connectivity index (χ4n) is 2.75. The second-order valence-corrected chi connectivity index (χ2v) is 7.07. The van der Waals surface area contributed by atoms with Crippen molar-refractivity contribution < 1.29 is 18.7 Å². The van der Waals surface area contributed by atoms with Gasteiger partial charge >= 0.3 is 0 Å². The van der Waals surface area contributed by atoms with Gasteiger partial charge in [0.2, 0.25) is 0 Å². The number of hydrogen-bond donors (Lipinski definition) is 1. The van der Waals surface area contributed by atoms with E-state index in [0.717, 1.165) is 0 Å². The SMILES string of the molecule is COc1ccc(C(=O)Nc2ccc(F)cc2C)cc1COc1cccc(Cl)c1Cl. The van der Waals surface area contributed by atoms with Gasteiger partial charge in [0.15, 0.2) is 0 Å². The van der Waals surface area contributed by atoms with Crippen LogP contribution in [0.3, 0.4) is 0 Å². The summed E-state index contributed by atoms with van der Waals surface area (Å²) in [5, 5.41) is 3.48. The van der Waals surface area contributed by atoms with Gasteiger partial charge in [-0.1, -0.05) is 29.3 Å². The molecule has 0 aromatic heterocycles. The second-order valence-electron chi connectivity index (χ2n) is 6.28. The van der Waals surface area contributed by atoms with Crippen molar-refractivity contribution in [3.63, 3.8) is 0 Å². The Hall–Kier alpha value is -2.76. The van der Waals surface area contributed by atoms with Crippen LogP contribution in [-0.2, 0) is 6.61 Å². The van der Waals surface area contributed by atoms with E-state index >= 15 is 0 Å². The van der Waals surface area contributed by atoms with Crippen LogP contribution in [0.1, 0.15) is 21.5 Å². The first-order valence-electron chi connectivity index (χ1n) is 8.70. The van der Waals surface area contributed by atoms with Gasteiger partial charge in [0.25, 0.3) is 5.91 Å². The van der Waals surface area contributed by atoms with E-state index < -0.39 is 0 Å². The van der Waals surface area contributed by atoms with Crippen molar-refractivity contribution in [1.29, 1.82) is 0 Å². The number of aryl methyl sites for hydroxylation is 1. The third kappa shape index (κ3) is 5.00. The zero-order valence-corrected chi connectivity index (χ0v) is 17.3. The number of amides is 1. The van der Waals surface area contributed by atoms with E-state index in [2.05, 4.69) is 5.32 Å². The van der Waals surface area contributed by atoms with Crippen molar-refractivity contribution in [3.8, 4) is 11.5 Å². The van der Waals surface area contributed by atoms with E-state index in [1.165, 1.54) is 25.3 Å². The maximum Gasteiger partial charge on any atom is 0.255 e. The van der Waals surface area contributed by atoms with Crippen LogP contribution in [0.4, 0.5) is 10.1 Å². The predicted octanol–water partition coefficient (Wildman–Crippen LogP) is 6.28. The maximum atomic E-state index is 13.3. The molecule has 3 aromatic rings. The van der Waals surface area contributed by atoms with E-state index in [1.54, 1.807) is 43.3 Å². The molecule has 0 aliphatic carbocycles. The molecule has 0 aliphatic rings. The van der Waals surface area contributed by atoms with Crippen molar-refractivity contribution in [2.75, 3.05) is 12.4 Å². The standard InChI is InChI=1S/C22H18Cl2FNO3/c1-13-10-16(25)7-8-18(13)26-22(27)14-6-9-19(28-2)15(11-14)12-29-20-5-3-4-17(23)21(20)24/h3-11H,12H2,1-2H3,(H,26,27). The number of carbonyl (C=O) groups is 1. The Bertz CT molecular complexity index is 1060. The van der Waals surface area contributed by atoms with Crippen LogP contribution in [0.25, 0.3) is 0 Å². The van der Waals surface area contributed by atoms with Gasteiger partial charge in [-0.25, -0.2) is 4.39 Å². The Morgan fingerprint density at radius 3 is 2.59 bits per heavy atom. The van der Waals surface area contributed by atoms with Crippen LogP contribution < -0.4 is 14.8 Å². The number of benzene rings is 3. The summed E-state index contributed by atoms with van der Waals surface area (Å²) < 4.78 is 24.4. The second kappa shape index (κ2) is 9.16. The van der Waals surface area contributed by atoms with Gasteiger partial charge in [-0.2, -0.15) is 0 Å². The fraction of sp³-hybridized carbons (Fsp3) is 0.136. The van der Waals surface area contributed by atoms with Crippen LogP contribution in [0.5, 0.6) is 11.5 Å². The highest BCUT2D eigenvalue weighted by atomic mass is 35.5. The lowest BCUT2D eigenvalue weighted by molar-refractivity contribution is 0.102. The molecule has 1 N–H and O–H groups in total. The zero-order chi connectivity index (χ0) is 21.0. The highest BCUT2D eigenvalue weighted by Gasteiger charge is 2.13. The molecule has 1 amide bonds. The van der Waals surface area contributed by atoms with Crippen molar-refractivity contribution in [1.82, 2.24) is 0 Å². The quantitative estimate of drug-likeness (QED) is 0.497. The van der Waals surface area contributed by atoms with Gasteiger partial charge in [-0.05, 0) is 61.0 Å². The first-order chi connectivity index (χ1) is 13.9. The summed E-state index contributed by atoms with van der Waals surface area (Å²) in [6, 6.07) is 14.3. The molecule has 150 valence electrons. The Labute approximate surface area is 178 Å². The number of nitrogens with one attached hydrogen (secondary N) is 1. The number of carbonyl (C=O) groups excluding carboxylic acids is 1. The fourth-order valence-corrected chi connectivity index (χ4v) is 3.09. The van der Waals surface area contributed by atoms with Crippen molar-refractivity contribution in [3.05, 3.63) is 87.2 Å². The zero-order valence-electron chi connectivity index (χ0n) is 15.8. The summed E-state index contributed by atoms with van der Waals surface area (Å²) in [5.74, 6) is 0.309. The lowest BCUT2D eigenvalue weighted by Gasteiger charge is -2.14. The third-order valence-corrected chi connectivity index (χ3v) is 5.08. The van der Waals surface area contributed by atoms with Gasteiger partial charge in [0, 0.05) is 16.8 Å². The smallest absolute Gasteiger partial charge is 0.255 e. The summed E-state index contributed by atoms with van der Waals surface area (Å²) in [7, 11) is 1.53. The van der Waals surface area contributed by atoms with E-state index in [4.69, 9.17) is 32.7 Å². The molecule has 0 fully saturated rings. The number of hydrogen-bond acceptors (Lipinski definition) is 3. The molecule has 0 aliphatic heterocycles. The Balaban J connectivity index is 1.80. The molecule has 0 spiro atoms. The minimum absolute atomic E-state index is 0.125. The predicted molar refractivity (Wildman–Crippen MR) is 113 cm³/mol. The van der Waals surface area contributed by atoms with E-state index in [-0.39, 0.29) is 18.3 Å². The number of halogens is 3. The highest BCUT2D eigenvalue weighted by molar-refractivity contribution is 6.42. The monoisotopic (exact) mass is 433 g/mol. The molecule has 3 rings (SSSR count). The number of ether oxygens (including phenoxy) is 2. The number of methoxy groups -OCH3 is 1. The molecule has 7 heteroatoms. The molecule has 0 bridgehead atoms. The van der Waals surface area contributed by atoms with Gasteiger partial charge in [-0.15, -0.1) is 0 Å². The molecule has 0 heterocycles.